The standard InChI is InChI=1S/C13H18N2O2/c16-10-13(7-4-8-13)14-9-12(17)15-11-5-2-1-3-6-11/h1-3,5-6,14,16H,4,7-10H2,(H,15,17). The van der Waals surface area contributed by atoms with Gasteiger partial charge >= 0.3 is 0 Å². The van der Waals surface area contributed by atoms with Gasteiger partial charge in [0, 0.05) is 11.2 Å². The molecule has 0 heterocycles. The Morgan fingerprint density at radius 2 is 2.00 bits per heavy atom. The Hall–Kier alpha value is -1.39. The van der Waals surface area contributed by atoms with Gasteiger partial charge < -0.3 is 15.7 Å². The van der Waals surface area contributed by atoms with Crippen LogP contribution in [0.15, 0.2) is 30.3 Å². The van der Waals surface area contributed by atoms with E-state index in [1.54, 1.807) is 0 Å². The highest BCUT2D eigenvalue weighted by Crippen LogP contribution is 2.30. The van der Waals surface area contributed by atoms with Crippen molar-refractivity contribution in [1.29, 1.82) is 0 Å². The lowest BCUT2D eigenvalue weighted by Crippen LogP contribution is -2.55. The molecule has 0 aromatic heterocycles. The first-order chi connectivity index (χ1) is 8.24. The van der Waals surface area contributed by atoms with Crippen LogP contribution >= 0.6 is 0 Å². The highest BCUT2D eigenvalue weighted by Gasteiger charge is 2.35. The van der Waals surface area contributed by atoms with Crippen molar-refractivity contribution in [3.05, 3.63) is 30.3 Å². The molecule has 4 heteroatoms. The van der Waals surface area contributed by atoms with Crippen molar-refractivity contribution >= 4 is 11.6 Å². The Kier molecular flexibility index (Phi) is 3.76. The Balaban J connectivity index is 1.78. The van der Waals surface area contributed by atoms with Crippen LogP contribution in [0.2, 0.25) is 0 Å². The van der Waals surface area contributed by atoms with Gasteiger partial charge in [-0.15, -0.1) is 0 Å². The quantitative estimate of drug-likeness (QED) is 0.715. The number of rotatable bonds is 5. The minimum atomic E-state index is -0.214. The second-order valence-electron chi connectivity index (χ2n) is 4.56. The molecule has 1 saturated carbocycles. The van der Waals surface area contributed by atoms with Gasteiger partial charge in [0.15, 0.2) is 0 Å². The van der Waals surface area contributed by atoms with Crippen molar-refractivity contribution in [3.63, 3.8) is 0 Å². The van der Waals surface area contributed by atoms with Gasteiger partial charge in [0.1, 0.15) is 0 Å². The maximum atomic E-state index is 11.7. The smallest absolute Gasteiger partial charge is 0.238 e. The van der Waals surface area contributed by atoms with Gasteiger partial charge in [0.05, 0.1) is 13.2 Å². The summed E-state index contributed by atoms with van der Waals surface area (Å²) in [5, 5.41) is 15.2. The minimum Gasteiger partial charge on any atom is -0.394 e. The van der Waals surface area contributed by atoms with Gasteiger partial charge in [-0.1, -0.05) is 18.2 Å². The maximum Gasteiger partial charge on any atom is 0.238 e. The van der Waals surface area contributed by atoms with E-state index in [0.717, 1.165) is 24.9 Å². The van der Waals surface area contributed by atoms with E-state index in [-0.39, 0.29) is 24.6 Å². The zero-order valence-corrected chi connectivity index (χ0v) is 9.78. The van der Waals surface area contributed by atoms with Crippen LogP contribution in [-0.4, -0.2) is 29.7 Å². The van der Waals surface area contributed by atoms with Crippen LogP contribution in [0.3, 0.4) is 0 Å². The lowest BCUT2D eigenvalue weighted by molar-refractivity contribution is -0.116. The molecule has 1 aliphatic rings. The van der Waals surface area contributed by atoms with Crippen LogP contribution < -0.4 is 10.6 Å². The molecule has 0 atom stereocenters. The summed E-state index contributed by atoms with van der Waals surface area (Å²) < 4.78 is 0. The molecule has 1 fully saturated rings. The Morgan fingerprint density at radius 3 is 2.53 bits per heavy atom. The van der Waals surface area contributed by atoms with Crippen LogP contribution in [-0.2, 0) is 4.79 Å². The van der Waals surface area contributed by atoms with Crippen molar-refractivity contribution < 1.29 is 9.90 Å². The summed E-state index contributed by atoms with van der Waals surface area (Å²) in [7, 11) is 0. The van der Waals surface area contributed by atoms with Gasteiger partial charge in [0.25, 0.3) is 0 Å². The number of aliphatic hydroxyl groups excluding tert-OH is 1. The SMILES string of the molecule is O=C(CNC1(CO)CCC1)Nc1ccccc1. The normalized spacial score (nSPS) is 17.2. The van der Waals surface area contributed by atoms with E-state index in [2.05, 4.69) is 10.6 Å². The van der Waals surface area contributed by atoms with Crippen LogP contribution in [0.5, 0.6) is 0 Å². The molecular weight excluding hydrogens is 216 g/mol. The number of amides is 1. The Bertz CT molecular complexity index is 369. The summed E-state index contributed by atoms with van der Waals surface area (Å²) in [4.78, 5) is 11.7. The number of para-hydroxylation sites is 1. The summed E-state index contributed by atoms with van der Waals surface area (Å²) in [6.07, 6.45) is 3.01. The molecule has 17 heavy (non-hydrogen) atoms. The number of anilines is 1. The molecule has 4 nitrogen and oxygen atoms in total. The topological polar surface area (TPSA) is 61.4 Å². The number of aliphatic hydroxyl groups is 1. The van der Waals surface area contributed by atoms with Crippen LogP contribution in [0, 0.1) is 0 Å². The highest BCUT2D eigenvalue weighted by molar-refractivity contribution is 5.92. The molecule has 92 valence electrons. The lowest BCUT2D eigenvalue weighted by atomic mass is 9.77. The summed E-state index contributed by atoms with van der Waals surface area (Å²) in [6, 6.07) is 9.36. The van der Waals surface area contributed by atoms with E-state index >= 15 is 0 Å². The predicted molar refractivity (Wildman–Crippen MR) is 66.7 cm³/mol. The molecule has 0 saturated heterocycles. The largest absolute Gasteiger partial charge is 0.394 e. The molecule has 2 rings (SSSR count). The van der Waals surface area contributed by atoms with Crippen molar-refractivity contribution in [2.24, 2.45) is 0 Å². The second kappa shape index (κ2) is 5.29. The number of nitrogens with one attached hydrogen (secondary N) is 2. The number of carbonyl (C=O) groups is 1. The minimum absolute atomic E-state index is 0.0732. The van der Waals surface area contributed by atoms with Crippen molar-refractivity contribution in [3.8, 4) is 0 Å². The molecule has 1 aromatic rings. The molecular formula is C13H18N2O2. The third kappa shape index (κ3) is 3.05. The molecule has 1 amide bonds. The fraction of sp³-hybridized carbons (Fsp3) is 0.462. The third-order valence-corrected chi connectivity index (χ3v) is 3.29. The first kappa shape index (κ1) is 12.1. The third-order valence-electron chi connectivity index (χ3n) is 3.29. The molecule has 1 aromatic carbocycles. The molecule has 1 aliphatic carbocycles. The monoisotopic (exact) mass is 234 g/mol. The predicted octanol–water partition coefficient (Wildman–Crippen LogP) is 1.13. The first-order valence-corrected chi connectivity index (χ1v) is 5.95. The van der Waals surface area contributed by atoms with E-state index in [1.807, 2.05) is 30.3 Å². The van der Waals surface area contributed by atoms with Crippen LogP contribution in [0.1, 0.15) is 19.3 Å². The van der Waals surface area contributed by atoms with E-state index < -0.39 is 0 Å². The second-order valence-corrected chi connectivity index (χ2v) is 4.56. The Morgan fingerprint density at radius 1 is 1.29 bits per heavy atom. The van der Waals surface area contributed by atoms with Gasteiger partial charge in [0.2, 0.25) is 5.91 Å². The summed E-state index contributed by atoms with van der Waals surface area (Å²) in [5.74, 6) is -0.0732. The van der Waals surface area contributed by atoms with Gasteiger partial charge in [-0.05, 0) is 31.4 Å². The lowest BCUT2D eigenvalue weighted by Gasteiger charge is -2.41. The number of benzene rings is 1. The molecule has 0 aliphatic heterocycles. The van der Waals surface area contributed by atoms with Crippen molar-refractivity contribution in [1.82, 2.24) is 5.32 Å². The average molecular weight is 234 g/mol. The fourth-order valence-corrected chi connectivity index (χ4v) is 1.99. The van der Waals surface area contributed by atoms with Crippen LogP contribution in [0.25, 0.3) is 0 Å². The summed E-state index contributed by atoms with van der Waals surface area (Å²) in [6.45, 7) is 0.348. The van der Waals surface area contributed by atoms with Gasteiger partial charge in [-0.2, -0.15) is 0 Å². The van der Waals surface area contributed by atoms with Crippen molar-refractivity contribution in [2.45, 2.75) is 24.8 Å². The maximum absolute atomic E-state index is 11.7. The number of hydrogen-bond donors (Lipinski definition) is 3. The zero-order chi connectivity index (χ0) is 12.1. The number of hydrogen-bond acceptors (Lipinski definition) is 3. The van der Waals surface area contributed by atoms with E-state index in [0.29, 0.717) is 0 Å². The zero-order valence-electron chi connectivity index (χ0n) is 9.78. The van der Waals surface area contributed by atoms with E-state index in [9.17, 15) is 9.90 Å². The molecule has 0 unspecified atom stereocenters. The van der Waals surface area contributed by atoms with Crippen molar-refractivity contribution in [2.75, 3.05) is 18.5 Å². The van der Waals surface area contributed by atoms with Gasteiger partial charge in [-0.25, -0.2) is 0 Å². The molecule has 0 bridgehead atoms. The van der Waals surface area contributed by atoms with E-state index in [1.165, 1.54) is 0 Å². The summed E-state index contributed by atoms with van der Waals surface area (Å²) in [5.41, 5.74) is 0.583. The number of carbonyl (C=O) groups excluding carboxylic acids is 1. The highest BCUT2D eigenvalue weighted by atomic mass is 16.3. The average Bonchev–Trinajstić information content (AvgIpc) is 2.29. The van der Waals surface area contributed by atoms with E-state index in [4.69, 9.17) is 0 Å². The first-order valence-electron chi connectivity index (χ1n) is 5.95. The molecule has 3 N–H and O–H groups in total. The molecule has 0 radical (unpaired) electrons. The molecule has 0 spiro atoms. The summed E-state index contributed by atoms with van der Waals surface area (Å²) >= 11 is 0. The van der Waals surface area contributed by atoms with Gasteiger partial charge in [-0.3, -0.25) is 4.79 Å². The van der Waals surface area contributed by atoms with Crippen LogP contribution in [0.4, 0.5) is 5.69 Å². The Labute approximate surface area is 101 Å². The fourth-order valence-electron chi connectivity index (χ4n) is 1.99.